The van der Waals surface area contributed by atoms with Crippen molar-refractivity contribution in [3.8, 4) is 11.6 Å². The second kappa shape index (κ2) is 9.30. The van der Waals surface area contributed by atoms with Crippen LogP contribution in [-0.4, -0.2) is 39.8 Å². The molecule has 3 rings (SSSR count). The summed E-state index contributed by atoms with van der Waals surface area (Å²) in [6.07, 6.45) is 6.60. The minimum atomic E-state index is -0.121. The second-order valence-corrected chi connectivity index (χ2v) is 6.98. The number of nitrogens with one attached hydrogen (secondary N) is 1. The molecule has 28 heavy (non-hydrogen) atoms. The van der Waals surface area contributed by atoms with Gasteiger partial charge in [0.05, 0.1) is 0 Å². The fourth-order valence-corrected chi connectivity index (χ4v) is 3.41. The topological polar surface area (TPSA) is 84.4 Å². The summed E-state index contributed by atoms with van der Waals surface area (Å²) >= 11 is 0. The van der Waals surface area contributed by atoms with Crippen molar-refractivity contribution in [1.29, 1.82) is 0 Å². The third-order valence-electron chi connectivity index (χ3n) is 4.71. The molecule has 2 heterocycles. The highest BCUT2D eigenvalue weighted by Gasteiger charge is 2.28. The van der Waals surface area contributed by atoms with Gasteiger partial charge in [0.15, 0.2) is 0 Å². The van der Waals surface area contributed by atoms with Gasteiger partial charge in [-0.15, -0.1) is 0 Å². The van der Waals surface area contributed by atoms with Crippen molar-refractivity contribution in [2.24, 2.45) is 0 Å². The Bertz CT molecular complexity index is 823. The lowest BCUT2D eigenvalue weighted by Crippen LogP contribution is -2.39. The van der Waals surface area contributed by atoms with Crippen molar-refractivity contribution in [3.63, 3.8) is 0 Å². The maximum atomic E-state index is 12.3. The number of anilines is 1. The number of hydrogen-bond donors (Lipinski definition) is 1. The molecule has 0 bridgehead atoms. The highest BCUT2D eigenvalue weighted by Crippen LogP contribution is 2.33. The molecule has 148 valence electrons. The van der Waals surface area contributed by atoms with Crippen LogP contribution in [0.2, 0.25) is 0 Å². The van der Waals surface area contributed by atoms with Gasteiger partial charge >= 0.3 is 0 Å². The maximum absolute atomic E-state index is 12.3. The third kappa shape index (κ3) is 5.06. The van der Waals surface area contributed by atoms with Gasteiger partial charge in [0.1, 0.15) is 11.4 Å². The van der Waals surface area contributed by atoms with Crippen molar-refractivity contribution < 1.29 is 14.3 Å². The van der Waals surface area contributed by atoms with Crippen LogP contribution in [0.3, 0.4) is 0 Å². The number of carbonyl (C=O) groups is 2. The van der Waals surface area contributed by atoms with Gasteiger partial charge in [-0.2, -0.15) is 0 Å². The van der Waals surface area contributed by atoms with E-state index < -0.39 is 0 Å². The number of piperidine rings is 1. The molecule has 2 aromatic rings. The predicted octanol–water partition coefficient (Wildman–Crippen LogP) is 3.73. The van der Waals surface area contributed by atoms with Crippen LogP contribution in [0.25, 0.3) is 0 Å². The highest BCUT2D eigenvalue weighted by atomic mass is 16.5. The Kier molecular flexibility index (Phi) is 6.57. The lowest BCUT2D eigenvalue weighted by Gasteiger charge is -2.32. The SMILES string of the molecule is CCCC(=O)N1CCC[C@H](c2nccnc2Oc2ccc(NC(C)=O)cc2)C1. The van der Waals surface area contributed by atoms with E-state index in [0.717, 1.165) is 31.5 Å². The average Bonchev–Trinajstić information content (AvgIpc) is 2.70. The summed E-state index contributed by atoms with van der Waals surface area (Å²) in [4.78, 5) is 34.2. The van der Waals surface area contributed by atoms with Gasteiger partial charge in [-0.05, 0) is 43.5 Å². The van der Waals surface area contributed by atoms with E-state index in [4.69, 9.17) is 4.74 Å². The van der Waals surface area contributed by atoms with Crippen molar-refractivity contribution >= 4 is 17.5 Å². The smallest absolute Gasteiger partial charge is 0.241 e. The fourth-order valence-electron chi connectivity index (χ4n) is 3.41. The van der Waals surface area contributed by atoms with Crippen LogP contribution in [-0.2, 0) is 9.59 Å². The molecule has 1 atom stereocenters. The zero-order valence-electron chi connectivity index (χ0n) is 16.4. The zero-order chi connectivity index (χ0) is 19.9. The van der Waals surface area contributed by atoms with Crippen LogP contribution in [0.1, 0.15) is 51.1 Å². The lowest BCUT2D eigenvalue weighted by molar-refractivity contribution is -0.132. The molecule has 2 amide bonds. The summed E-state index contributed by atoms with van der Waals surface area (Å²) < 4.78 is 5.98. The van der Waals surface area contributed by atoms with Crippen LogP contribution in [0, 0.1) is 0 Å². The molecule has 7 nitrogen and oxygen atoms in total. The van der Waals surface area contributed by atoms with Crippen LogP contribution in [0.4, 0.5) is 5.69 Å². The summed E-state index contributed by atoms with van der Waals surface area (Å²) in [6.45, 7) is 4.94. The van der Waals surface area contributed by atoms with Crippen LogP contribution in [0.5, 0.6) is 11.6 Å². The van der Waals surface area contributed by atoms with E-state index in [9.17, 15) is 9.59 Å². The molecule has 7 heteroatoms. The van der Waals surface area contributed by atoms with Gasteiger partial charge in [0.2, 0.25) is 17.7 Å². The molecular weight excluding hydrogens is 356 g/mol. The highest BCUT2D eigenvalue weighted by molar-refractivity contribution is 5.88. The van der Waals surface area contributed by atoms with E-state index in [2.05, 4.69) is 15.3 Å². The number of hydrogen-bond acceptors (Lipinski definition) is 5. The number of likely N-dealkylation sites (tertiary alicyclic amines) is 1. The Balaban J connectivity index is 1.74. The van der Waals surface area contributed by atoms with Gasteiger partial charge in [0, 0.05) is 50.4 Å². The molecule has 1 aromatic carbocycles. The van der Waals surface area contributed by atoms with E-state index in [-0.39, 0.29) is 17.7 Å². The van der Waals surface area contributed by atoms with Gasteiger partial charge in [-0.25, -0.2) is 4.98 Å². The summed E-state index contributed by atoms with van der Waals surface area (Å²) in [5, 5.41) is 2.72. The number of rotatable bonds is 6. The van der Waals surface area contributed by atoms with E-state index >= 15 is 0 Å². The molecule has 0 aliphatic carbocycles. The molecule has 0 unspecified atom stereocenters. The number of aromatic nitrogens is 2. The fraction of sp³-hybridized carbons (Fsp3) is 0.429. The van der Waals surface area contributed by atoms with Crippen molar-refractivity contribution in [3.05, 3.63) is 42.4 Å². The number of amides is 2. The first-order valence-corrected chi connectivity index (χ1v) is 9.71. The predicted molar refractivity (Wildman–Crippen MR) is 106 cm³/mol. The monoisotopic (exact) mass is 382 g/mol. The zero-order valence-corrected chi connectivity index (χ0v) is 16.4. The quantitative estimate of drug-likeness (QED) is 0.823. The normalized spacial score (nSPS) is 16.5. The Morgan fingerprint density at radius 2 is 1.96 bits per heavy atom. The van der Waals surface area contributed by atoms with Crippen molar-refractivity contribution in [2.75, 3.05) is 18.4 Å². The van der Waals surface area contributed by atoms with E-state index in [1.165, 1.54) is 6.92 Å². The lowest BCUT2D eigenvalue weighted by atomic mass is 9.94. The third-order valence-corrected chi connectivity index (χ3v) is 4.71. The minimum Gasteiger partial charge on any atom is -0.437 e. The largest absolute Gasteiger partial charge is 0.437 e. The molecule has 0 saturated carbocycles. The molecule has 1 aliphatic heterocycles. The first-order valence-electron chi connectivity index (χ1n) is 9.71. The van der Waals surface area contributed by atoms with Gasteiger partial charge in [-0.3, -0.25) is 14.6 Å². The Hall–Kier alpha value is -2.96. The number of ether oxygens (including phenoxy) is 1. The average molecular weight is 382 g/mol. The molecule has 1 N–H and O–H groups in total. The first-order chi connectivity index (χ1) is 13.6. The molecule has 0 radical (unpaired) electrons. The molecule has 1 fully saturated rings. The number of benzene rings is 1. The van der Waals surface area contributed by atoms with Crippen molar-refractivity contribution in [2.45, 2.75) is 45.4 Å². The summed E-state index contributed by atoms with van der Waals surface area (Å²) in [7, 11) is 0. The minimum absolute atomic E-state index is 0.108. The van der Waals surface area contributed by atoms with Crippen LogP contribution in [0.15, 0.2) is 36.7 Å². The Morgan fingerprint density at radius 3 is 2.68 bits per heavy atom. The number of carbonyl (C=O) groups excluding carboxylic acids is 2. The van der Waals surface area contributed by atoms with Crippen LogP contribution < -0.4 is 10.1 Å². The molecule has 1 saturated heterocycles. The molecular formula is C21H26N4O3. The molecule has 1 aromatic heterocycles. The van der Waals surface area contributed by atoms with E-state index in [1.54, 1.807) is 36.7 Å². The first kappa shape index (κ1) is 19.8. The summed E-state index contributed by atoms with van der Waals surface area (Å²) in [5.74, 6) is 1.27. The van der Waals surface area contributed by atoms with Gasteiger partial charge in [0.25, 0.3) is 0 Å². The van der Waals surface area contributed by atoms with Crippen LogP contribution >= 0.6 is 0 Å². The van der Waals surface area contributed by atoms with Gasteiger partial charge in [-0.1, -0.05) is 6.92 Å². The van der Waals surface area contributed by atoms with Gasteiger partial charge < -0.3 is 15.0 Å². The standard InChI is InChI=1S/C21H26N4O3/c1-3-5-19(27)25-13-4-6-16(14-25)20-21(23-12-11-22-20)28-18-9-7-17(8-10-18)24-15(2)26/h7-12,16H,3-6,13-14H2,1-2H3,(H,24,26)/t16-/m0/s1. The Labute approximate surface area is 165 Å². The maximum Gasteiger partial charge on any atom is 0.241 e. The second-order valence-electron chi connectivity index (χ2n) is 6.98. The number of nitrogens with zero attached hydrogens (tertiary/aromatic N) is 3. The summed E-state index contributed by atoms with van der Waals surface area (Å²) in [5.41, 5.74) is 1.49. The van der Waals surface area contributed by atoms with E-state index in [1.807, 2.05) is 11.8 Å². The molecule has 0 spiro atoms. The van der Waals surface area contributed by atoms with Crippen molar-refractivity contribution in [1.82, 2.24) is 14.9 Å². The molecule has 1 aliphatic rings. The summed E-state index contributed by atoms with van der Waals surface area (Å²) in [6, 6.07) is 7.11. The van der Waals surface area contributed by atoms with E-state index in [0.29, 0.717) is 30.3 Å². The Morgan fingerprint density at radius 1 is 1.21 bits per heavy atom.